The molecule has 0 atom stereocenters. The molecule has 0 spiro atoms. The Balaban J connectivity index is 1.99. The lowest BCUT2D eigenvalue weighted by atomic mass is 10.0. The van der Waals surface area contributed by atoms with Gasteiger partial charge in [-0.05, 0) is 51.2 Å². The van der Waals surface area contributed by atoms with Gasteiger partial charge in [0, 0.05) is 22.6 Å². The summed E-state index contributed by atoms with van der Waals surface area (Å²) in [6.45, 7) is 3.28. The molecule has 1 fully saturated rings. The number of rotatable bonds is 4. The number of nitrogens with one attached hydrogen (secondary N) is 1. The second kappa shape index (κ2) is 6.55. The highest BCUT2D eigenvalue weighted by molar-refractivity contribution is 9.10. The number of nitrogens with zero attached hydrogens (tertiary/aromatic N) is 1. The lowest BCUT2D eigenvalue weighted by Gasteiger charge is -2.32. The molecule has 1 heterocycles. The topological polar surface area (TPSA) is 24.5 Å². The second-order valence-electron chi connectivity index (χ2n) is 4.80. The zero-order valence-corrected chi connectivity index (χ0v) is 12.7. The van der Waals surface area contributed by atoms with Crippen LogP contribution in [0.15, 0.2) is 22.7 Å². The largest absolute Gasteiger partial charge is 0.496 e. The molecule has 100 valence electrons. The zero-order chi connectivity index (χ0) is 13.0. The Morgan fingerprint density at radius 3 is 2.72 bits per heavy atom. The summed E-state index contributed by atoms with van der Waals surface area (Å²) in [5.41, 5.74) is 1.26. The molecule has 0 aliphatic carbocycles. The van der Waals surface area contributed by atoms with E-state index in [9.17, 15) is 0 Å². The van der Waals surface area contributed by atoms with Crippen LogP contribution in [0.5, 0.6) is 5.75 Å². The van der Waals surface area contributed by atoms with Crippen molar-refractivity contribution >= 4 is 15.9 Å². The second-order valence-corrected chi connectivity index (χ2v) is 5.71. The van der Waals surface area contributed by atoms with E-state index in [1.807, 2.05) is 12.1 Å². The summed E-state index contributed by atoms with van der Waals surface area (Å²) in [6, 6.07) is 6.89. The van der Waals surface area contributed by atoms with Gasteiger partial charge in [0.2, 0.25) is 0 Å². The fourth-order valence-electron chi connectivity index (χ4n) is 2.49. The summed E-state index contributed by atoms with van der Waals surface area (Å²) in [6.07, 6.45) is 2.46. The number of halogens is 1. The first-order valence-electron chi connectivity index (χ1n) is 6.45. The molecule has 0 aromatic heterocycles. The molecule has 18 heavy (non-hydrogen) atoms. The van der Waals surface area contributed by atoms with Gasteiger partial charge in [-0.15, -0.1) is 0 Å². The number of benzene rings is 1. The normalized spacial score (nSPS) is 17.9. The first-order valence-corrected chi connectivity index (χ1v) is 7.24. The number of hydrogen-bond donors (Lipinski definition) is 1. The predicted molar refractivity (Wildman–Crippen MR) is 78.1 cm³/mol. The van der Waals surface area contributed by atoms with E-state index in [2.05, 4.69) is 39.3 Å². The summed E-state index contributed by atoms with van der Waals surface area (Å²) in [7, 11) is 3.79. The highest BCUT2D eigenvalue weighted by Crippen LogP contribution is 2.25. The van der Waals surface area contributed by atoms with Crippen molar-refractivity contribution in [1.29, 1.82) is 0 Å². The number of likely N-dealkylation sites (tertiary alicyclic amines) is 1. The summed E-state index contributed by atoms with van der Waals surface area (Å²) in [4.78, 5) is 2.50. The van der Waals surface area contributed by atoms with Crippen molar-refractivity contribution in [3.63, 3.8) is 0 Å². The standard InChI is InChI=1S/C14H21BrN2O/c1-16-13-5-7-17(8-6-13)10-11-9-12(15)3-4-14(11)18-2/h3-4,9,13,16H,5-8,10H2,1-2H3. The zero-order valence-electron chi connectivity index (χ0n) is 11.1. The van der Waals surface area contributed by atoms with E-state index >= 15 is 0 Å². The van der Waals surface area contributed by atoms with E-state index in [1.54, 1.807) is 7.11 Å². The number of piperidine rings is 1. The molecule has 1 N–H and O–H groups in total. The van der Waals surface area contributed by atoms with Gasteiger partial charge in [0.1, 0.15) is 5.75 Å². The third kappa shape index (κ3) is 3.46. The van der Waals surface area contributed by atoms with Crippen LogP contribution in [0.1, 0.15) is 18.4 Å². The van der Waals surface area contributed by atoms with Crippen LogP contribution in [0, 0.1) is 0 Å². The molecular weight excluding hydrogens is 292 g/mol. The van der Waals surface area contributed by atoms with Gasteiger partial charge >= 0.3 is 0 Å². The third-order valence-corrected chi connectivity index (χ3v) is 4.13. The maximum atomic E-state index is 5.42. The molecule has 2 rings (SSSR count). The van der Waals surface area contributed by atoms with Crippen LogP contribution < -0.4 is 10.1 Å². The third-order valence-electron chi connectivity index (χ3n) is 3.63. The first-order chi connectivity index (χ1) is 8.72. The minimum atomic E-state index is 0.686. The molecule has 0 radical (unpaired) electrons. The van der Waals surface area contributed by atoms with Gasteiger partial charge < -0.3 is 10.1 Å². The molecule has 1 aromatic rings. The van der Waals surface area contributed by atoms with Crippen LogP contribution in [0.3, 0.4) is 0 Å². The van der Waals surface area contributed by atoms with Gasteiger partial charge in [0.25, 0.3) is 0 Å². The minimum absolute atomic E-state index is 0.686. The number of methoxy groups -OCH3 is 1. The van der Waals surface area contributed by atoms with Crippen LogP contribution in [0.2, 0.25) is 0 Å². The summed E-state index contributed by atoms with van der Waals surface area (Å²) < 4.78 is 6.54. The molecular formula is C14H21BrN2O. The summed E-state index contributed by atoms with van der Waals surface area (Å²) >= 11 is 3.53. The monoisotopic (exact) mass is 312 g/mol. The quantitative estimate of drug-likeness (QED) is 0.925. The van der Waals surface area contributed by atoms with E-state index in [1.165, 1.54) is 18.4 Å². The van der Waals surface area contributed by atoms with Gasteiger partial charge in [-0.25, -0.2) is 0 Å². The van der Waals surface area contributed by atoms with E-state index < -0.39 is 0 Å². The predicted octanol–water partition coefficient (Wildman–Crippen LogP) is 2.64. The molecule has 1 aliphatic rings. The fourth-order valence-corrected chi connectivity index (χ4v) is 2.90. The van der Waals surface area contributed by atoms with E-state index in [-0.39, 0.29) is 0 Å². The van der Waals surface area contributed by atoms with Gasteiger partial charge in [0.05, 0.1) is 7.11 Å². The molecule has 3 nitrogen and oxygen atoms in total. The molecule has 1 saturated heterocycles. The minimum Gasteiger partial charge on any atom is -0.496 e. The smallest absolute Gasteiger partial charge is 0.123 e. The van der Waals surface area contributed by atoms with Crippen LogP contribution >= 0.6 is 15.9 Å². The van der Waals surface area contributed by atoms with Crippen molar-refractivity contribution in [2.75, 3.05) is 27.2 Å². The average Bonchev–Trinajstić information content (AvgIpc) is 2.40. The Kier molecular flexibility index (Phi) is 5.03. The van der Waals surface area contributed by atoms with E-state index in [4.69, 9.17) is 4.74 Å². The van der Waals surface area contributed by atoms with Crippen LogP contribution in [0.25, 0.3) is 0 Å². The molecule has 0 saturated carbocycles. The lowest BCUT2D eigenvalue weighted by Crippen LogP contribution is -2.40. The van der Waals surface area contributed by atoms with Crippen LogP contribution in [0.4, 0.5) is 0 Å². The van der Waals surface area contributed by atoms with Crippen molar-refractivity contribution in [3.05, 3.63) is 28.2 Å². The summed E-state index contributed by atoms with van der Waals surface area (Å²) in [5.74, 6) is 0.980. The van der Waals surface area contributed by atoms with Crippen molar-refractivity contribution in [2.24, 2.45) is 0 Å². The van der Waals surface area contributed by atoms with Crippen molar-refractivity contribution in [2.45, 2.75) is 25.4 Å². The van der Waals surface area contributed by atoms with Gasteiger partial charge in [0.15, 0.2) is 0 Å². The molecule has 0 amide bonds. The molecule has 0 unspecified atom stereocenters. The molecule has 1 aliphatic heterocycles. The lowest BCUT2D eigenvalue weighted by molar-refractivity contribution is 0.192. The number of hydrogen-bond acceptors (Lipinski definition) is 3. The molecule has 4 heteroatoms. The maximum Gasteiger partial charge on any atom is 0.123 e. The van der Waals surface area contributed by atoms with Crippen LogP contribution in [-0.4, -0.2) is 38.2 Å². The Bertz CT molecular complexity index is 389. The Morgan fingerprint density at radius 1 is 1.39 bits per heavy atom. The highest BCUT2D eigenvalue weighted by atomic mass is 79.9. The SMILES string of the molecule is CNC1CCN(Cc2cc(Br)ccc2OC)CC1. The van der Waals surface area contributed by atoms with Gasteiger partial charge in [-0.1, -0.05) is 15.9 Å². The first kappa shape index (κ1) is 13.8. The highest BCUT2D eigenvalue weighted by Gasteiger charge is 2.18. The molecule has 0 bridgehead atoms. The van der Waals surface area contributed by atoms with Crippen molar-refractivity contribution in [1.82, 2.24) is 10.2 Å². The van der Waals surface area contributed by atoms with E-state index in [0.717, 1.165) is 29.9 Å². The van der Waals surface area contributed by atoms with E-state index in [0.29, 0.717) is 6.04 Å². The Labute approximate surface area is 118 Å². The van der Waals surface area contributed by atoms with Gasteiger partial charge in [-0.3, -0.25) is 4.90 Å². The summed E-state index contributed by atoms with van der Waals surface area (Å²) in [5, 5.41) is 3.36. The van der Waals surface area contributed by atoms with Gasteiger partial charge in [-0.2, -0.15) is 0 Å². The Morgan fingerprint density at radius 2 is 2.11 bits per heavy atom. The molecule has 1 aromatic carbocycles. The Hall–Kier alpha value is -0.580. The van der Waals surface area contributed by atoms with Crippen LogP contribution in [-0.2, 0) is 6.54 Å². The fraction of sp³-hybridized carbons (Fsp3) is 0.571. The average molecular weight is 313 g/mol. The number of ether oxygens (including phenoxy) is 1. The van der Waals surface area contributed by atoms with Crippen molar-refractivity contribution in [3.8, 4) is 5.75 Å². The van der Waals surface area contributed by atoms with Crippen molar-refractivity contribution < 1.29 is 4.74 Å². The maximum absolute atomic E-state index is 5.42.